The lowest BCUT2D eigenvalue weighted by atomic mass is 9.87. The van der Waals surface area contributed by atoms with Gasteiger partial charge in [0, 0.05) is 6.04 Å². The van der Waals surface area contributed by atoms with Crippen LogP contribution >= 0.6 is 0 Å². The van der Waals surface area contributed by atoms with Gasteiger partial charge in [-0.2, -0.15) is 0 Å². The zero-order valence-corrected chi connectivity index (χ0v) is 11.7. The van der Waals surface area contributed by atoms with E-state index in [4.69, 9.17) is 5.84 Å². The molecule has 1 aliphatic rings. The number of hydrazine groups is 1. The van der Waals surface area contributed by atoms with E-state index in [-0.39, 0.29) is 5.91 Å². The number of rotatable bonds is 3. The molecule has 2 rings (SSSR count). The van der Waals surface area contributed by atoms with Crippen molar-refractivity contribution in [3.05, 3.63) is 29.3 Å². The second kappa shape index (κ2) is 6.06. The number of hydrogen-bond acceptors (Lipinski definition) is 3. The Morgan fingerprint density at radius 3 is 2.84 bits per heavy atom. The third-order valence-electron chi connectivity index (χ3n) is 3.85. The van der Waals surface area contributed by atoms with Crippen molar-refractivity contribution >= 4 is 11.6 Å². The highest BCUT2D eigenvalue weighted by molar-refractivity contribution is 5.99. The number of carbonyl (C=O) groups excluding carboxylic acids is 1. The molecule has 4 N–H and O–H groups in total. The Morgan fingerprint density at radius 2 is 2.16 bits per heavy atom. The molecule has 0 saturated heterocycles. The molecule has 1 aromatic rings. The number of nitrogens with two attached hydrogens (primary N) is 1. The molecule has 1 aliphatic carbocycles. The van der Waals surface area contributed by atoms with E-state index in [9.17, 15) is 4.79 Å². The van der Waals surface area contributed by atoms with Crippen LogP contribution in [-0.2, 0) is 0 Å². The Kier molecular flexibility index (Phi) is 4.43. The molecule has 1 amide bonds. The van der Waals surface area contributed by atoms with E-state index in [1.807, 2.05) is 25.1 Å². The average Bonchev–Trinajstić information content (AvgIpc) is 2.38. The van der Waals surface area contributed by atoms with E-state index in [2.05, 4.69) is 17.7 Å². The van der Waals surface area contributed by atoms with E-state index >= 15 is 0 Å². The molecular weight excluding hydrogens is 238 g/mol. The minimum absolute atomic E-state index is 0.0317. The third-order valence-corrected chi connectivity index (χ3v) is 3.85. The van der Waals surface area contributed by atoms with Gasteiger partial charge in [-0.05, 0) is 37.8 Å². The van der Waals surface area contributed by atoms with Crippen molar-refractivity contribution in [2.45, 2.75) is 45.6 Å². The van der Waals surface area contributed by atoms with Crippen molar-refractivity contribution in [3.63, 3.8) is 0 Å². The number of nitrogen functional groups attached to an aromatic ring is 1. The highest BCUT2D eigenvalue weighted by atomic mass is 16.1. The molecule has 1 saturated carbocycles. The Morgan fingerprint density at radius 1 is 1.37 bits per heavy atom. The van der Waals surface area contributed by atoms with Crippen LogP contribution in [0.25, 0.3) is 0 Å². The van der Waals surface area contributed by atoms with Crippen molar-refractivity contribution in [3.8, 4) is 0 Å². The summed E-state index contributed by atoms with van der Waals surface area (Å²) in [6, 6.07) is 5.95. The van der Waals surface area contributed by atoms with Gasteiger partial charge in [0.2, 0.25) is 0 Å². The summed E-state index contributed by atoms with van der Waals surface area (Å²) < 4.78 is 0. The minimum atomic E-state index is -0.0317. The van der Waals surface area contributed by atoms with Gasteiger partial charge in [0.05, 0.1) is 11.3 Å². The Hall–Kier alpha value is -1.55. The summed E-state index contributed by atoms with van der Waals surface area (Å²) in [5.41, 5.74) is 4.94. The zero-order chi connectivity index (χ0) is 13.8. The molecule has 2 atom stereocenters. The molecule has 0 heterocycles. The van der Waals surface area contributed by atoms with E-state index in [1.165, 1.54) is 12.8 Å². The molecule has 1 fully saturated rings. The summed E-state index contributed by atoms with van der Waals surface area (Å²) in [7, 11) is 0. The fourth-order valence-corrected chi connectivity index (χ4v) is 2.80. The van der Waals surface area contributed by atoms with E-state index < -0.39 is 0 Å². The lowest BCUT2D eigenvalue weighted by Gasteiger charge is -2.27. The van der Waals surface area contributed by atoms with Gasteiger partial charge < -0.3 is 10.7 Å². The molecule has 104 valence electrons. The van der Waals surface area contributed by atoms with Crippen molar-refractivity contribution in [2.75, 3.05) is 5.43 Å². The number of aryl methyl sites for hydroxylation is 1. The monoisotopic (exact) mass is 261 g/mol. The number of anilines is 1. The van der Waals surface area contributed by atoms with Gasteiger partial charge in [-0.15, -0.1) is 0 Å². The van der Waals surface area contributed by atoms with Gasteiger partial charge in [-0.1, -0.05) is 31.4 Å². The van der Waals surface area contributed by atoms with Crippen LogP contribution in [-0.4, -0.2) is 11.9 Å². The van der Waals surface area contributed by atoms with Crippen LogP contribution in [0.5, 0.6) is 0 Å². The smallest absolute Gasteiger partial charge is 0.253 e. The molecule has 19 heavy (non-hydrogen) atoms. The molecular formula is C15H23N3O. The number of hydrogen-bond donors (Lipinski definition) is 3. The summed E-state index contributed by atoms with van der Waals surface area (Å²) in [6.07, 6.45) is 4.62. The number of carbonyl (C=O) groups is 1. The average molecular weight is 261 g/mol. The predicted octanol–water partition coefficient (Wildman–Crippen LogP) is 2.59. The number of nitrogens with one attached hydrogen (secondary N) is 2. The maximum Gasteiger partial charge on any atom is 0.253 e. The predicted molar refractivity (Wildman–Crippen MR) is 77.9 cm³/mol. The van der Waals surface area contributed by atoms with Crippen molar-refractivity contribution in [2.24, 2.45) is 11.8 Å². The van der Waals surface area contributed by atoms with Crippen molar-refractivity contribution in [1.82, 2.24) is 5.32 Å². The summed E-state index contributed by atoms with van der Waals surface area (Å²) in [5, 5.41) is 3.13. The Labute approximate surface area is 114 Å². The SMILES string of the molecule is Cc1ccc(NN)c(C(=O)NC2CCCC(C)C2)c1. The van der Waals surface area contributed by atoms with Crippen LogP contribution in [0.3, 0.4) is 0 Å². The van der Waals surface area contributed by atoms with Gasteiger partial charge in [0.25, 0.3) is 5.91 Å². The molecule has 0 radical (unpaired) electrons. The topological polar surface area (TPSA) is 67.1 Å². The van der Waals surface area contributed by atoms with Crippen LogP contribution in [0.2, 0.25) is 0 Å². The van der Waals surface area contributed by atoms with Crippen LogP contribution in [0.4, 0.5) is 5.69 Å². The first-order valence-electron chi connectivity index (χ1n) is 6.98. The molecule has 4 nitrogen and oxygen atoms in total. The molecule has 0 spiro atoms. The lowest BCUT2D eigenvalue weighted by molar-refractivity contribution is 0.0922. The molecule has 0 aromatic heterocycles. The van der Waals surface area contributed by atoms with Crippen LogP contribution in [0, 0.1) is 12.8 Å². The van der Waals surface area contributed by atoms with Crippen molar-refractivity contribution in [1.29, 1.82) is 0 Å². The summed E-state index contributed by atoms with van der Waals surface area (Å²) >= 11 is 0. The van der Waals surface area contributed by atoms with Crippen LogP contribution in [0.15, 0.2) is 18.2 Å². The van der Waals surface area contributed by atoms with Gasteiger partial charge in [0.15, 0.2) is 0 Å². The maximum atomic E-state index is 12.3. The van der Waals surface area contributed by atoms with Gasteiger partial charge in [-0.3, -0.25) is 10.6 Å². The van der Waals surface area contributed by atoms with Crippen LogP contribution < -0.4 is 16.6 Å². The molecule has 0 aliphatic heterocycles. The highest BCUT2D eigenvalue weighted by Crippen LogP contribution is 2.24. The summed E-state index contributed by atoms with van der Waals surface area (Å²) in [6.45, 7) is 4.22. The first-order valence-corrected chi connectivity index (χ1v) is 6.98. The zero-order valence-electron chi connectivity index (χ0n) is 11.7. The third kappa shape index (κ3) is 3.47. The minimum Gasteiger partial charge on any atom is -0.349 e. The maximum absolute atomic E-state index is 12.3. The van der Waals surface area contributed by atoms with Crippen molar-refractivity contribution < 1.29 is 4.79 Å². The second-order valence-electron chi connectivity index (χ2n) is 5.64. The lowest BCUT2D eigenvalue weighted by Crippen LogP contribution is -2.38. The first-order chi connectivity index (χ1) is 9.10. The fraction of sp³-hybridized carbons (Fsp3) is 0.533. The molecule has 1 aromatic carbocycles. The Balaban J connectivity index is 2.09. The molecule has 0 bridgehead atoms. The summed E-state index contributed by atoms with van der Waals surface area (Å²) in [5.74, 6) is 6.13. The largest absolute Gasteiger partial charge is 0.349 e. The fourth-order valence-electron chi connectivity index (χ4n) is 2.80. The number of benzene rings is 1. The van der Waals surface area contributed by atoms with E-state index in [0.717, 1.165) is 18.4 Å². The highest BCUT2D eigenvalue weighted by Gasteiger charge is 2.21. The summed E-state index contributed by atoms with van der Waals surface area (Å²) in [4.78, 5) is 12.3. The van der Waals surface area contributed by atoms with E-state index in [0.29, 0.717) is 23.2 Å². The molecule has 2 unspecified atom stereocenters. The normalized spacial score (nSPS) is 22.9. The van der Waals surface area contributed by atoms with Gasteiger partial charge >= 0.3 is 0 Å². The standard InChI is InChI=1S/C15H23N3O/c1-10-4-3-5-12(8-10)17-15(19)13-9-11(2)6-7-14(13)18-16/h6-7,9-10,12,18H,3-5,8,16H2,1-2H3,(H,17,19). The Bertz CT molecular complexity index is 459. The first kappa shape index (κ1) is 13.9. The number of amides is 1. The van der Waals surface area contributed by atoms with E-state index in [1.54, 1.807) is 0 Å². The second-order valence-corrected chi connectivity index (χ2v) is 5.64. The van der Waals surface area contributed by atoms with Gasteiger partial charge in [0.1, 0.15) is 0 Å². The van der Waals surface area contributed by atoms with Crippen LogP contribution in [0.1, 0.15) is 48.5 Å². The molecule has 4 heteroatoms. The quantitative estimate of drug-likeness (QED) is 0.578. The van der Waals surface area contributed by atoms with Gasteiger partial charge in [-0.25, -0.2) is 0 Å².